The van der Waals surface area contributed by atoms with Crippen LogP contribution in [0.1, 0.15) is 20.3 Å². The minimum absolute atomic E-state index is 0.133. The lowest BCUT2D eigenvalue weighted by Crippen LogP contribution is -2.50. The fourth-order valence-electron chi connectivity index (χ4n) is 1.05. The van der Waals surface area contributed by atoms with Crippen LogP contribution in [0.2, 0.25) is 0 Å². The third kappa shape index (κ3) is 2.86. The fourth-order valence-corrected chi connectivity index (χ4v) is 1.90. The van der Waals surface area contributed by atoms with E-state index in [9.17, 15) is 10.2 Å². The molecule has 0 amide bonds. The van der Waals surface area contributed by atoms with Gasteiger partial charge in [-0.15, -0.1) is 0 Å². The first-order valence-electron chi connectivity index (χ1n) is 4.48. The second-order valence-electron chi connectivity index (χ2n) is 3.12. The number of aliphatic hydroxyl groups excluding tert-OH is 2. The van der Waals surface area contributed by atoms with Gasteiger partial charge in [0, 0.05) is 5.75 Å². The van der Waals surface area contributed by atoms with E-state index in [0.717, 1.165) is 17.3 Å². The molecule has 1 rings (SSSR count). The summed E-state index contributed by atoms with van der Waals surface area (Å²) in [6.07, 6.45) is -0.708. The summed E-state index contributed by atoms with van der Waals surface area (Å²) in [5.41, 5.74) is 0. The first kappa shape index (κ1) is 10.8. The van der Waals surface area contributed by atoms with Crippen molar-refractivity contribution in [3.8, 4) is 0 Å². The van der Waals surface area contributed by atoms with Crippen molar-refractivity contribution < 1.29 is 10.2 Å². The number of amidine groups is 1. The molecule has 13 heavy (non-hydrogen) atoms. The summed E-state index contributed by atoms with van der Waals surface area (Å²) in [5.74, 6) is 0.974. The maximum atomic E-state index is 9.36. The molecule has 0 aromatic carbocycles. The first-order chi connectivity index (χ1) is 6.15. The van der Waals surface area contributed by atoms with E-state index in [4.69, 9.17) is 0 Å². The van der Waals surface area contributed by atoms with Crippen LogP contribution in [0.15, 0.2) is 4.99 Å². The van der Waals surface area contributed by atoms with Gasteiger partial charge in [0.25, 0.3) is 0 Å². The highest BCUT2D eigenvalue weighted by atomic mass is 32.2. The average molecular weight is 204 g/mol. The molecule has 3 atom stereocenters. The van der Waals surface area contributed by atoms with Crippen LogP contribution < -0.4 is 5.32 Å². The maximum absolute atomic E-state index is 9.36. The van der Waals surface area contributed by atoms with Gasteiger partial charge in [0.1, 0.15) is 6.10 Å². The number of thioether (sulfide) groups is 1. The van der Waals surface area contributed by atoms with Crippen LogP contribution in [0.25, 0.3) is 0 Å². The molecule has 1 aliphatic rings. The molecule has 0 aromatic heterocycles. The number of hydrogen-bond donors (Lipinski definition) is 3. The maximum Gasteiger partial charge on any atom is 0.176 e. The normalized spacial score (nSPS) is 33.8. The van der Waals surface area contributed by atoms with E-state index in [1.807, 2.05) is 6.92 Å². The lowest BCUT2D eigenvalue weighted by molar-refractivity contribution is 0.00322. The van der Waals surface area contributed by atoms with Gasteiger partial charge in [0.15, 0.2) is 11.4 Å². The Morgan fingerprint density at radius 3 is 2.77 bits per heavy atom. The summed E-state index contributed by atoms with van der Waals surface area (Å²) in [6, 6.07) is -0.133. The molecule has 0 aliphatic carbocycles. The van der Waals surface area contributed by atoms with Crippen LogP contribution in [0, 0.1) is 0 Å². The van der Waals surface area contributed by atoms with Gasteiger partial charge in [0.2, 0.25) is 0 Å². The van der Waals surface area contributed by atoms with E-state index in [-0.39, 0.29) is 6.04 Å². The van der Waals surface area contributed by atoms with Crippen LogP contribution in [0.3, 0.4) is 0 Å². The van der Waals surface area contributed by atoms with Crippen molar-refractivity contribution in [1.29, 1.82) is 0 Å². The number of nitrogens with one attached hydrogen (secondary N) is 1. The molecule has 0 saturated carbocycles. The molecular weight excluding hydrogens is 188 g/mol. The van der Waals surface area contributed by atoms with Gasteiger partial charge >= 0.3 is 0 Å². The lowest BCUT2D eigenvalue weighted by atomic mass is 10.1. The van der Waals surface area contributed by atoms with E-state index in [1.54, 1.807) is 11.8 Å². The topological polar surface area (TPSA) is 64.9 Å². The van der Waals surface area contributed by atoms with Crippen molar-refractivity contribution in [2.45, 2.75) is 38.6 Å². The molecular formula is C8H16N2O2S. The predicted octanol–water partition coefficient (Wildman–Crippen LogP) is 0.157. The Labute approximate surface area is 82.4 Å². The zero-order chi connectivity index (χ0) is 9.84. The van der Waals surface area contributed by atoms with Gasteiger partial charge in [-0.2, -0.15) is 0 Å². The van der Waals surface area contributed by atoms with E-state index < -0.39 is 12.3 Å². The number of aliphatic hydroxyl groups is 2. The summed E-state index contributed by atoms with van der Waals surface area (Å²) in [4.78, 5) is 3.93. The van der Waals surface area contributed by atoms with E-state index in [1.165, 1.54) is 0 Å². The van der Waals surface area contributed by atoms with E-state index in [0.29, 0.717) is 0 Å². The molecule has 1 heterocycles. The lowest BCUT2D eigenvalue weighted by Gasteiger charge is -2.29. The SMILES string of the molecule is CCCSC1=N[C@H](O)[C@@H](O)[C@@H](C)N1. The second-order valence-corrected chi connectivity index (χ2v) is 4.20. The fraction of sp³-hybridized carbons (Fsp3) is 0.875. The Bertz CT molecular complexity index is 199. The molecule has 0 saturated heterocycles. The summed E-state index contributed by atoms with van der Waals surface area (Å²) < 4.78 is 0. The van der Waals surface area contributed by atoms with Gasteiger partial charge < -0.3 is 15.5 Å². The van der Waals surface area contributed by atoms with Crippen molar-refractivity contribution in [3.63, 3.8) is 0 Å². The molecule has 0 fully saturated rings. The van der Waals surface area contributed by atoms with Crippen LogP contribution >= 0.6 is 11.8 Å². The van der Waals surface area contributed by atoms with Crippen molar-refractivity contribution in [2.24, 2.45) is 4.99 Å². The summed E-state index contributed by atoms with van der Waals surface area (Å²) in [7, 11) is 0. The van der Waals surface area contributed by atoms with Gasteiger partial charge in [-0.05, 0) is 13.3 Å². The van der Waals surface area contributed by atoms with Crippen molar-refractivity contribution in [2.75, 3.05) is 5.75 Å². The molecule has 0 aromatic rings. The first-order valence-corrected chi connectivity index (χ1v) is 5.47. The van der Waals surface area contributed by atoms with Crippen molar-refractivity contribution in [3.05, 3.63) is 0 Å². The number of hydrogen-bond acceptors (Lipinski definition) is 5. The molecule has 0 spiro atoms. The zero-order valence-electron chi connectivity index (χ0n) is 7.90. The zero-order valence-corrected chi connectivity index (χ0v) is 8.71. The van der Waals surface area contributed by atoms with E-state index >= 15 is 0 Å². The molecule has 0 bridgehead atoms. The van der Waals surface area contributed by atoms with E-state index in [2.05, 4.69) is 17.2 Å². The Morgan fingerprint density at radius 2 is 2.23 bits per heavy atom. The Kier molecular flexibility index (Phi) is 4.02. The van der Waals surface area contributed by atoms with Crippen molar-refractivity contribution >= 4 is 16.9 Å². The second kappa shape index (κ2) is 4.83. The number of aliphatic imine (C=N–C) groups is 1. The van der Waals surface area contributed by atoms with Crippen LogP contribution in [-0.2, 0) is 0 Å². The average Bonchev–Trinajstić information content (AvgIpc) is 2.10. The predicted molar refractivity (Wildman–Crippen MR) is 54.8 cm³/mol. The van der Waals surface area contributed by atoms with Crippen LogP contribution in [0.4, 0.5) is 0 Å². The highest BCUT2D eigenvalue weighted by Gasteiger charge is 2.27. The Morgan fingerprint density at radius 1 is 1.54 bits per heavy atom. The highest BCUT2D eigenvalue weighted by molar-refractivity contribution is 8.13. The molecule has 1 aliphatic heterocycles. The van der Waals surface area contributed by atoms with Gasteiger partial charge in [0.05, 0.1) is 6.04 Å². The number of nitrogens with zero attached hydrogens (tertiary/aromatic N) is 1. The van der Waals surface area contributed by atoms with Gasteiger partial charge in [-0.3, -0.25) is 0 Å². The van der Waals surface area contributed by atoms with Crippen LogP contribution in [-0.4, -0.2) is 39.5 Å². The third-order valence-electron chi connectivity index (χ3n) is 1.86. The van der Waals surface area contributed by atoms with Gasteiger partial charge in [-0.25, -0.2) is 4.99 Å². The molecule has 76 valence electrons. The molecule has 4 nitrogen and oxygen atoms in total. The minimum Gasteiger partial charge on any atom is -0.386 e. The van der Waals surface area contributed by atoms with Crippen molar-refractivity contribution in [1.82, 2.24) is 5.32 Å². The molecule has 5 heteroatoms. The third-order valence-corrected chi connectivity index (χ3v) is 2.97. The van der Waals surface area contributed by atoms with Crippen LogP contribution in [0.5, 0.6) is 0 Å². The monoisotopic (exact) mass is 204 g/mol. The summed E-state index contributed by atoms with van der Waals surface area (Å²) in [5, 5.41) is 22.5. The molecule has 0 radical (unpaired) electrons. The smallest absolute Gasteiger partial charge is 0.176 e. The van der Waals surface area contributed by atoms with Gasteiger partial charge in [-0.1, -0.05) is 18.7 Å². The molecule has 3 N–H and O–H groups in total. The highest BCUT2D eigenvalue weighted by Crippen LogP contribution is 2.13. The number of rotatable bonds is 2. The summed E-state index contributed by atoms with van der Waals surface area (Å²) in [6.45, 7) is 3.92. The largest absolute Gasteiger partial charge is 0.386 e. The Hall–Kier alpha value is -0.260. The minimum atomic E-state index is -0.976. The Balaban J connectivity index is 2.51. The summed E-state index contributed by atoms with van der Waals surface area (Å²) >= 11 is 1.57. The molecule has 0 unspecified atom stereocenters. The standard InChI is InChI=1S/C8H16N2O2S/c1-3-4-13-8-9-5(2)6(11)7(12)10-8/h5-7,11-12H,3-4H2,1-2H3,(H,9,10)/t5-,6+,7-/m1/s1. The quantitative estimate of drug-likeness (QED) is 0.599.